The van der Waals surface area contributed by atoms with Crippen molar-refractivity contribution in [2.75, 3.05) is 10.6 Å². The van der Waals surface area contributed by atoms with Crippen LogP contribution in [0.3, 0.4) is 0 Å². The van der Waals surface area contributed by atoms with Gasteiger partial charge < -0.3 is 15.5 Å². The van der Waals surface area contributed by atoms with Crippen LogP contribution in [-0.2, 0) is 31.4 Å². The molecule has 0 aliphatic carbocycles. The Morgan fingerprint density at radius 3 is 2.81 bits per heavy atom. The number of anilines is 2. The van der Waals surface area contributed by atoms with Crippen LogP contribution < -0.4 is 16.2 Å². The van der Waals surface area contributed by atoms with Gasteiger partial charge in [-0.3, -0.25) is 14.2 Å². The van der Waals surface area contributed by atoms with Crippen LogP contribution in [0.5, 0.6) is 0 Å². The molecule has 27 heavy (non-hydrogen) atoms. The Hall–Kier alpha value is -3.23. The molecule has 4 rings (SSSR count). The molecule has 0 spiro atoms. The van der Waals surface area contributed by atoms with E-state index in [-0.39, 0.29) is 36.7 Å². The fourth-order valence-corrected chi connectivity index (χ4v) is 3.42. The lowest BCUT2D eigenvalue weighted by Gasteiger charge is -2.22. The predicted molar refractivity (Wildman–Crippen MR) is 95.8 cm³/mol. The van der Waals surface area contributed by atoms with E-state index in [1.807, 2.05) is 0 Å². The van der Waals surface area contributed by atoms with E-state index in [9.17, 15) is 18.8 Å². The number of amides is 3. The average Bonchev–Trinajstić information content (AvgIpc) is 3.04. The number of halogens is 1. The molecule has 0 saturated heterocycles. The summed E-state index contributed by atoms with van der Waals surface area (Å²) in [5.74, 6) is -0.0969. The lowest BCUT2D eigenvalue weighted by atomic mass is 10.0. The van der Waals surface area contributed by atoms with Crippen molar-refractivity contribution in [2.24, 2.45) is 7.05 Å². The van der Waals surface area contributed by atoms with Crippen LogP contribution in [0.25, 0.3) is 0 Å². The van der Waals surface area contributed by atoms with Crippen molar-refractivity contribution in [1.82, 2.24) is 14.5 Å². The molecule has 0 radical (unpaired) electrons. The molecule has 0 bridgehead atoms. The third-order valence-electron chi connectivity index (χ3n) is 4.98. The summed E-state index contributed by atoms with van der Waals surface area (Å²) in [5.41, 5.74) is 2.13. The first kappa shape index (κ1) is 17.2. The van der Waals surface area contributed by atoms with Crippen LogP contribution in [0.2, 0.25) is 0 Å². The van der Waals surface area contributed by atoms with Gasteiger partial charge in [0.2, 0.25) is 5.91 Å². The molecule has 3 heterocycles. The zero-order valence-electron chi connectivity index (χ0n) is 14.9. The number of carbonyl (C=O) groups excluding carboxylic acids is 2. The normalized spacial score (nSPS) is 15.2. The number of fused-ring (bicyclic) bond motifs is 2. The van der Waals surface area contributed by atoms with Gasteiger partial charge in [0.25, 0.3) is 5.56 Å². The molecule has 0 unspecified atom stereocenters. The average molecular weight is 371 g/mol. The maximum atomic E-state index is 13.9. The topological polar surface area (TPSA) is 96.3 Å². The van der Waals surface area contributed by atoms with E-state index in [1.54, 1.807) is 14.0 Å². The quantitative estimate of drug-likeness (QED) is 0.797. The predicted octanol–water partition coefficient (Wildman–Crippen LogP) is 1.66. The molecule has 1 aromatic heterocycles. The number of rotatable bonds is 1. The summed E-state index contributed by atoms with van der Waals surface area (Å²) in [6.07, 6.45) is 0.690. The summed E-state index contributed by atoms with van der Waals surface area (Å²) in [7, 11) is 1.63. The lowest BCUT2D eigenvalue weighted by molar-refractivity contribution is -0.116. The van der Waals surface area contributed by atoms with Crippen LogP contribution in [-0.4, -0.2) is 26.4 Å². The van der Waals surface area contributed by atoms with Gasteiger partial charge in [0.05, 0.1) is 35.7 Å². The second kappa shape index (κ2) is 6.19. The summed E-state index contributed by atoms with van der Waals surface area (Å²) >= 11 is 0. The van der Waals surface area contributed by atoms with Crippen LogP contribution in [0.4, 0.5) is 20.6 Å². The molecule has 2 aliphatic heterocycles. The van der Waals surface area contributed by atoms with Crippen LogP contribution >= 0.6 is 0 Å². The molecular formula is C18H18FN5O3. The molecule has 2 aliphatic rings. The first-order valence-electron chi connectivity index (χ1n) is 8.57. The number of aromatic nitrogens is 2. The van der Waals surface area contributed by atoms with E-state index in [0.29, 0.717) is 34.8 Å². The second-order valence-corrected chi connectivity index (χ2v) is 6.77. The van der Waals surface area contributed by atoms with Crippen LogP contribution in [0.15, 0.2) is 16.9 Å². The molecule has 0 fully saturated rings. The molecule has 0 atom stereocenters. The van der Waals surface area contributed by atoms with E-state index in [0.717, 1.165) is 0 Å². The summed E-state index contributed by atoms with van der Waals surface area (Å²) < 4.78 is 15.3. The van der Waals surface area contributed by atoms with Gasteiger partial charge >= 0.3 is 6.03 Å². The van der Waals surface area contributed by atoms with Crippen molar-refractivity contribution in [1.29, 1.82) is 0 Å². The minimum absolute atomic E-state index is 0.130. The lowest BCUT2D eigenvalue weighted by Crippen LogP contribution is -2.32. The minimum Gasteiger partial charge on any atom is -0.324 e. The highest BCUT2D eigenvalue weighted by Gasteiger charge is 2.29. The van der Waals surface area contributed by atoms with E-state index in [4.69, 9.17) is 0 Å². The second-order valence-electron chi connectivity index (χ2n) is 6.77. The molecular weight excluding hydrogens is 353 g/mol. The Balaban J connectivity index is 1.59. The highest BCUT2D eigenvalue weighted by atomic mass is 19.1. The summed E-state index contributed by atoms with van der Waals surface area (Å²) in [5, 5.41) is 5.34. The zero-order chi connectivity index (χ0) is 19.3. The number of nitrogens with zero attached hydrogens (tertiary/aromatic N) is 3. The fraction of sp³-hybridized carbons (Fsp3) is 0.333. The van der Waals surface area contributed by atoms with Gasteiger partial charge in [-0.2, -0.15) is 0 Å². The van der Waals surface area contributed by atoms with Gasteiger partial charge in [-0.15, -0.1) is 0 Å². The zero-order valence-corrected chi connectivity index (χ0v) is 14.9. The largest absolute Gasteiger partial charge is 0.324 e. The van der Waals surface area contributed by atoms with Gasteiger partial charge in [-0.1, -0.05) is 0 Å². The first-order chi connectivity index (χ1) is 12.8. The van der Waals surface area contributed by atoms with E-state index in [2.05, 4.69) is 15.6 Å². The molecule has 2 N–H and O–H groups in total. The number of hydrogen-bond acceptors (Lipinski definition) is 4. The number of carbonyl (C=O) groups is 2. The van der Waals surface area contributed by atoms with Crippen LogP contribution in [0.1, 0.15) is 29.1 Å². The Morgan fingerprint density at radius 2 is 2.04 bits per heavy atom. The Bertz CT molecular complexity index is 1050. The standard InChI is InChI=1S/C18H18FN5O3/c1-9-20-14-8-24(7-12(14)17(26)23(9)2)18(27)21-13-6-11(19)5-10-3-4-15(25)22-16(10)13/h5-6H,3-4,7-8H2,1-2H3,(H,21,27)(H,22,25). The van der Waals surface area contributed by atoms with Gasteiger partial charge in [0.15, 0.2) is 0 Å². The Morgan fingerprint density at radius 1 is 1.26 bits per heavy atom. The molecule has 2 aromatic rings. The molecule has 140 valence electrons. The van der Waals surface area contributed by atoms with E-state index in [1.165, 1.54) is 21.6 Å². The van der Waals surface area contributed by atoms with Gasteiger partial charge in [0.1, 0.15) is 11.6 Å². The third-order valence-corrected chi connectivity index (χ3v) is 4.98. The van der Waals surface area contributed by atoms with Gasteiger partial charge in [-0.25, -0.2) is 14.2 Å². The van der Waals surface area contributed by atoms with Gasteiger partial charge in [0, 0.05) is 13.5 Å². The third kappa shape index (κ3) is 2.94. The van der Waals surface area contributed by atoms with E-state index < -0.39 is 11.8 Å². The van der Waals surface area contributed by atoms with Crippen molar-refractivity contribution >= 4 is 23.3 Å². The van der Waals surface area contributed by atoms with E-state index >= 15 is 0 Å². The van der Waals surface area contributed by atoms with Crippen molar-refractivity contribution < 1.29 is 14.0 Å². The SMILES string of the molecule is Cc1nc2c(c(=O)n1C)CN(C(=O)Nc1cc(F)cc3c1NC(=O)CC3)C2. The van der Waals surface area contributed by atoms with Crippen molar-refractivity contribution in [3.05, 3.63) is 50.9 Å². The molecule has 9 heteroatoms. The number of benzene rings is 1. The number of aryl methyl sites for hydroxylation is 2. The fourth-order valence-electron chi connectivity index (χ4n) is 3.42. The highest BCUT2D eigenvalue weighted by molar-refractivity contribution is 6.01. The molecule has 3 amide bonds. The van der Waals surface area contributed by atoms with Crippen molar-refractivity contribution in [2.45, 2.75) is 32.9 Å². The monoisotopic (exact) mass is 371 g/mol. The Labute approximate surface area is 154 Å². The number of urea groups is 1. The Kier molecular flexibility index (Phi) is 3.94. The highest BCUT2D eigenvalue weighted by Crippen LogP contribution is 2.32. The maximum absolute atomic E-state index is 13.9. The minimum atomic E-state index is -0.490. The van der Waals surface area contributed by atoms with Crippen LogP contribution in [0, 0.1) is 12.7 Å². The summed E-state index contributed by atoms with van der Waals surface area (Å²) in [6, 6.07) is 2.04. The molecule has 1 aromatic carbocycles. The molecule has 8 nitrogen and oxygen atoms in total. The smallest absolute Gasteiger partial charge is 0.322 e. The van der Waals surface area contributed by atoms with Crippen molar-refractivity contribution in [3.63, 3.8) is 0 Å². The molecule has 0 saturated carbocycles. The van der Waals surface area contributed by atoms with Crippen molar-refractivity contribution in [3.8, 4) is 0 Å². The number of hydrogen-bond donors (Lipinski definition) is 2. The summed E-state index contributed by atoms with van der Waals surface area (Å²) in [6.45, 7) is 2.05. The summed E-state index contributed by atoms with van der Waals surface area (Å²) in [4.78, 5) is 42.5. The van der Waals surface area contributed by atoms with Gasteiger partial charge in [-0.05, 0) is 31.0 Å². The number of nitrogens with one attached hydrogen (secondary N) is 2. The maximum Gasteiger partial charge on any atom is 0.322 e. The first-order valence-corrected chi connectivity index (χ1v) is 8.57.